The van der Waals surface area contributed by atoms with Gasteiger partial charge in [-0.15, -0.1) is 11.3 Å². The van der Waals surface area contributed by atoms with Crippen LogP contribution in [0.25, 0.3) is 0 Å². The minimum absolute atomic E-state index is 0.312. The molecular weight excluding hydrogens is 282 g/mol. The first kappa shape index (κ1) is 15.9. The average molecular weight is 305 g/mol. The molecule has 21 heavy (non-hydrogen) atoms. The van der Waals surface area contributed by atoms with Gasteiger partial charge >= 0.3 is 0 Å². The fourth-order valence-electron chi connectivity index (χ4n) is 2.17. The Bertz CT molecular complexity index is 568. The van der Waals surface area contributed by atoms with Crippen LogP contribution in [0.1, 0.15) is 25.1 Å². The molecule has 0 aliphatic carbocycles. The van der Waals surface area contributed by atoms with Crippen LogP contribution in [0.15, 0.2) is 29.6 Å². The number of nitrogens with zero attached hydrogens (tertiary/aromatic N) is 2. The van der Waals surface area contributed by atoms with E-state index in [9.17, 15) is 5.11 Å². The van der Waals surface area contributed by atoms with Gasteiger partial charge in [-0.3, -0.25) is 4.90 Å². The lowest BCUT2D eigenvalue weighted by molar-refractivity contribution is 0.125. The van der Waals surface area contributed by atoms with Crippen molar-refractivity contribution in [1.29, 1.82) is 0 Å². The SMILES string of the molecule is CCN(Cc1csc(Nc2ccccc2C)n1)C[C@@H](C)O. The van der Waals surface area contributed by atoms with E-state index in [4.69, 9.17) is 0 Å². The Hall–Kier alpha value is -1.43. The van der Waals surface area contributed by atoms with E-state index in [1.54, 1.807) is 11.3 Å². The molecule has 0 aliphatic rings. The summed E-state index contributed by atoms with van der Waals surface area (Å²) < 4.78 is 0. The van der Waals surface area contributed by atoms with E-state index < -0.39 is 0 Å². The number of hydrogen-bond acceptors (Lipinski definition) is 5. The molecule has 4 nitrogen and oxygen atoms in total. The first-order chi connectivity index (χ1) is 10.1. The number of aliphatic hydroxyl groups excluding tert-OH is 1. The predicted molar refractivity (Wildman–Crippen MR) is 89.2 cm³/mol. The van der Waals surface area contributed by atoms with E-state index in [1.165, 1.54) is 5.56 Å². The molecule has 1 atom stereocenters. The van der Waals surface area contributed by atoms with E-state index in [-0.39, 0.29) is 6.10 Å². The van der Waals surface area contributed by atoms with Gasteiger partial charge in [-0.2, -0.15) is 0 Å². The molecule has 0 bridgehead atoms. The molecule has 0 radical (unpaired) electrons. The summed E-state index contributed by atoms with van der Waals surface area (Å²) in [5.74, 6) is 0. The van der Waals surface area contributed by atoms with Gasteiger partial charge in [-0.05, 0) is 32.0 Å². The zero-order chi connectivity index (χ0) is 15.2. The van der Waals surface area contributed by atoms with Crippen molar-refractivity contribution >= 4 is 22.2 Å². The van der Waals surface area contributed by atoms with Crippen LogP contribution >= 0.6 is 11.3 Å². The summed E-state index contributed by atoms with van der Waals surface area (Å²) in [6, 6.07) is 8.19. The quantitative estimate of drug-likeness (QED) is 0.823. The van der Waals surface area contributed by atoms with E-state index in [1.807, 2.05) is 19.1 Å². The zero-order valence-electron chi connectivity index (χ0n) is 12.8. The van der Waals surface area contributed by atoms with Gasteiger partial charge in [0.25, 0.3) is 0 Å². The molecule has 2 N–H and O–H groups in total. The highest BCUT2D eigenvalue weighted by Gasteiger charge is 2.10. The predicted octanol–water partition coefficient (Wildman–Crippen LogP) is 3.40. The molecule has 1 heterocycles. The van der Waals surface area contributed by atoms with Crippen LogP contribution < -0.4 is 5.32 Å². The maximum Gasteiger partial charge on any atom is 0.187 e. The van der Waals surface area contributed by atoms with Crippen LogP contribution in [0.4, 0.5) is 10.8 Å². The van der Waals surface area contributed by atoms with Gasteiger partial charge in [0, 0.05) is 24.2 Å². The Morgan fingerprint density at radius 1 is 1.38 bits per heavy atom. The standard InChI is InChI=1S/C16H23N3OS/c1-4-19(9-13(3)20)10-14-11-21-16(17-14)18-15-8-6-5-7-12(15)2/h5-8,11,13,20H,4,9-10H2,1-3H3,(H,17,18)/t13-/m1/s1. The number of aromatic nitrogens is 1. The minimum atomic E-state index is -0.312. The molecular formula is C16H23N3OS. The van der Waals surface area contributed by atoms with Crippen LogP contribution in [-0.2, 0) is 6.54 Å². The van der Waals surface area contributed by atoms with Crippen molar-refractivity contribution in [1.82, 2.24) is 9.88 Å². The van der Waals surface area contributed by atoms with Crippen molar-refractivity contribution in [3.8, 4) is 0 Å². The number of thiazole rings is 1. The molecule has 0 aliphatic heterocycles. The third kappa shape index (κ3) is 4.81. The Balaban J connectivity index is 1.99. The van der Waals surface area contributed by atoms with E-state index in [0.717, 1.165) is 29.6 Å². The smallest absolute Gasteiger partial charge is 0.187 e. The third-order valence-corrected chi connectivity index (χ3v) is 4.10. The summed E-state index contributed by atoms with van der Waals surface area (Å²) in [6.07, 6.45) is -0.312. The molecule has 0 saturated heterocycles. The topological polar surface area (TPSA) is 48.4 Å². The summed E-state index contributed by atoms with van der Waals surface area (Å²) in [6.45, 7) is 8.35. The fraction of sp³-hybridized carbons (Fsp3) is 0.438. The maximum atomic E-state index is 9.49. The second kappa shape index (κ2) is 7.54. The number of aliphatic hydroxyl groups is 1. The number of rotatable bonds is 7. The number of hydrogen-bond donors (Lipinski definition) is 2. The Morgan fingerprint density at radius 3 is 2.81 bits per heavy atom. The molecule has 0 fully saturated rings. The largest absolute Gasteiger partial charge is 0.392 e. The van der Waals surface area contributed by atoms with Crippen molar-refractivity contribution in [3.63, 3.8) is 0 Å². The number of likely N-dealkylation sites (N-methyl/N-ethyl adjacent to an activating group) is 1. The molecule has 0 spiro atoms. The van der Waals surface area contributed by atoms with E-state index >= 15 is 0 Å². The lowest BCUT2D eigenvalue weighted by Crippen LogP contribution is -2.30. The molecule has 0 saturated carbocycles. The second-order valence-electron chi connectivity index (χ2n) is 5.26. The normalized spacial score (nSPS) is 12.6. The summed E-state index contributed by atoms with van der Waals surface area (Å²) in [5, 5.41) is 15.8. The van der Waals surface area contributed by atoms with Crippen molar-refractivity contribution in [3.05, 3.63) is 40.9 Å². The first-order valence-electron chi connectivity index (χ1n) is 7.26. The van der Waals surface area contributed by atoms with Crippen LogP contribution in [0, 0.1) is 6.92 Å². The van der Waals surface area contributed by atoms with Crippen LogP contribution in [0.2, 0.25) is 0 Å². The lowest BCUT2D eigenvalue weighted by atomic mass is 10.2. The fourth-order valence-corrected chi connectivity index (χ4v) is 2.89. The van der Waals surface area contributed by atoms with E-state index in [2.05, 4.69) is 46.6 Å². The van der Waals surface area contributed by atoms with Crippen molar-refractivity contribution in [2.45, 2.75) is 33.4 Å². The summed E-state index contributed by atoms with van der Waals surface area (Å²) in [4.78, 5) is 6.82. The molecule has 0 amide bonds. The van der Waals surface area contributed by atoms with Crippen molar-refractivity contribution in [2.24, 2.45) is 0 Å². The zero-order valence-corrected chi connectivity index (χ0v) is 13.7. The molecule has 0 unspecified atom stereocenters. The summed E-state index contributed by atoms with van der Waals surface area (Å²) in [5.41, 5.74) is 3.34. The van der Waals surface area contributed by atoms with Gasteiger partial charge in [-0.25, -0.2) is 4.98 Å². The molecule has 1 aromatic carbocycles. The number of nitrogens with one attached hydrogen (secondary N) is 1. The van der Waals surface area contributed by atoms with Crippen LogP contribution in [-0.4, -0.2) is 34.2 Å². The molecule has 2 rings (SSSR count). The number of benzene rings is 1. The lowest BCUT2D eigenvalue weighted by Gasteiger charge is -2.20. The van der Waals surface area contributed by atoms with Crippen molar-refractivity contribution < 1.29 is 5.11 Å². The first-order valence-corrected chi connectivity index (χ1v) is 8.14. The monoisotopic (exact) mass is 305 g/mol. The number of para-hydroxylation sites is 1. The Morgan fingerprint density at radius 2 is 2.14 bits per heavy atom. The van der Waals surface area contributed by atoms with Gasteiger partial charge in [-0.1, -0.05) is 25.1 Å². The third-order valence-electron chi connectivity index (χ3n) is 3.29. The van der Waals surface area contributed by atoms with Gasteiger partial charge in [0.2, 0.25) is 0 Å². The summed E-state index contributed by atoms with van der Waals surface area (Å²) in [7, 11) is 0. The van der Waals surface area contributed by atoms with Gasteiger partial charge in [0.05, 0.1) is 11.8 Å². The van der Waals surface area contributed by atoms with Gasteiger partial charge in [0.1, 0.15) is 0 Å². The average Bonchev–Trinajstić information content (AvgIpc) is 2.87. The summed E-state index contributed by atoms with van der Waals surface area (Å²) >= 11 is 1.61. The second-order valence-corrected chi connectivity index (χ2v) is 6.12. The van der Waals surface area contributed by atoms with Crippen LogP contribution in [0.3, 0.4) is 0 Å². The number of anilines is 2. The maximum absolute atomic E-state index is 9.49. The highest BCUT2D eigenvalue weighted by Crippen LogP contribution is 2.23. The molecule has 5 heteroatoms. The van der Waals surface area contributed by atoms with Gasteiger partial charge in [0.15, 0.2) is 5.13 Å². The van der Waals surface area contributed by atoms with Crippen molar-refractivity contribution in [2.75, 3.05) is 18.4 Å². The minimum Gasteiger partial charge on any atom is -0.392 e. The van der Waals surface area contributed by atoms with E-state index in [0.29, 0.717) is 6.54 Å². The molecule has 1 aromatic heterocycles. The molecule has 2 aromatic rings. The number of aryl methyl sites for hydroxylation is 1. The van der Waals surface area contributed by atoms with Gasteiger partial charge < -0.3 is 10.4 Å². The molecule has 114 valence electrons. The Kier molecular flexibility index (Phi) is 5.73. The highest BCUT2D eigenvalue weighted by atomic mass is 32.1. The van der Waals surface area contributed by atoms with Crippen LogP contribution in [0.5, 0.6) is 0 Å². The highest BCUT2D eigenvalue weighted by molar-refractivity contribution is 7.13. The Labute approximate surface area is 130 Å².